The summed E-state index contributed by atoms with van der Waals surface area (Å²) >= 11 is 0. The van der Waals surface area contributed by atoms with Gasteiger partial charge in [0.1, 0.15) is 0 Å². The van der Waals surface area contributed by atoms with Crippen LogP contribution < -0.4 is 0 Å². The van der Waals surface area contributed by atoms with Gasteiger partial charge in [0.2, 0.25) is 0 Å². The van der Waals surface area contributed by atoms with E-state index in [4.69, 9.17) is 0 Å². The van der Waals surface area contributed by atoms with Crippen molar-refractivity contribution in [2.45, 2.75) is 479 Å². The Morgan fingerprint density at radius 1 is 0.143 bits per heavy atom. The molecule has 0 heterocycles. The fourth-order valence-corrected chi connectivity index (χ4v) is 8.54. The number of hydrogen-bond acceptors (Lipinski definition) is 0. The topological polar surface area (TPSA) is 0 Å². The standard InChI is InChI=1S/6C7H16.7C6H14/c6*1-5-6-7(2,3)4;7*1-4-5-6(2)3/h6*5-6H2,1-4H3;7*6H,4-5H2,1-3H3. The highest BCUT2D eigenvalue weighted by Gasteiger charge is 2.09. The summed E-state index contributed by atoms with van der Waals surface area (Å²) in [4.78, 5) is 0. The molecule has 0 aliphatic heterocycles. The average Bonchev–Trinajstić information content (AvgIpc) is 3.24. The molecule has 0 spiro atoms. The lowest BCUT2D eigenvalue weighted by Gasteiger charge is -2.15. The summed E-state index contributed by atoms with van der Waals surface area (Å²) in [7, 11) is 0. The molecule has 84 heavy (non-hydrogen) atoms. The Balaban J connectivity index is -0.0000000591. The van der Waals surface area contributed by atoms with Crippen LogP contribution in [0.15, 0.2) is 0 Å². The average molecular weight is 1200 g/mol. The fourth-order valence-electron chi connectivity index (χ4n) is 8.54. The second-order valence-corrected chi connectivity index (χ2v) is 35.1. The lowest BCUT2D eigenvalue weighted by atomic mass is 9.91. The molecule has 0 nitrogen and oxygen atoms in total. The van der Waals surface area contributed by atoms with Gasteiger partial charge in [-0.1, -0.05) is 440 Å². The molecule has 0 amide bonds. The summed E-state index contributed by atoms with van der Waals surface area (Å²) in [5.41, 5.74) is 3.30. The Kier molecular flexibility index (Phi) is 111. The maximum absolute atomic E-state index is 2.27. The second kappa shape index (κ2) is 81.0. The minimum absolute atomic E-state index is 0.550. The molecule has 0 rings (SSSR count). The SMILES string of the molecule is CCCC(C)(C)C.CCCC(C)(C)C.CCCC(C)(C)C.CCCC(C)(C)C.CCCC(C)(C)C.CCCC(C)(C)C.CCCC(C)C.CCCC(C)C.CCCC(C)C.CCCC(C)C.CCCC(C)C.CCCC(C)C.CCCC(C)C. The lowest BCUT2D eigenvalue weighted by molar-refractivity contribution is 0.373. The van der Waals surface area contributed by atoms with E-state index in [-0.39, 0.29) is 0 Å². The van der Waals surface area contributed by atoms with Gasteiger partial charge in [-0.3, -0.25) is 0 Å². The molecule has 0 aromatic rings. The summed E-state index contributed by atoms with van der Waals surface area (Å²) in [6.07, 6.45) is 34.8. The summed E-state index contributed by atoms with van der Waals surface area (Å²) in [5.74, 6) is 6.29. The van der Waals surface area contributed by atoms with E-state index < -0.39 is 0 Å². The van der Waals surface area contributed by atoms with Crippen LogP contribution in [0, 0.1) is 73.9 Å². The van der Waals surface area contributed by atoms with E-state index in [2.05, 4.69) is 312 Å². The first-order valence-corrected chi connectivity index (χ1v) is 37.8. The van der Waals surface area contributed by atoms with Crippen LogP contribution in [-0.2, 0) is 0 Å². The van der Waals surface area contributed by atoms with Crippen molar-refractivity contribution in [3.63, 3.8) is 0 Å². The van der Waals surface area contributed by atoms with Gasteiger partial charge in [-0.05, 0) is 112 Å². The monoisotopic (exact) mass is 1200 g/mol. The first kappa shape index (κ1) is 115. The van der Waals surface area contributed by atoms with Gasteiger partial charge in [0, 0.05) is 0 Å². The zero-order valence-corrected chi connectivity index (χ0v) is 70.4. The van der Waals surface area contributed by atoms with Crippen molar-refractivity contribution in [2.75, 3.05) is 0 Å². The normalized spacial score (nSPS) is 11.0. The Bertz CT molecular complexity index is 765. The minimum Gasteiger partial charge on any atom is -0.0654 e. The van der Waals surface area contributed by atoms with Gasteiger partial charge in [0.15, 0.2) is 0 Å². The Morgan fingerprint density at radius 2 is 0.214 bits per heavy atom. The van der Waals surface area contributed by atoms with Crippen molar-refractivity contribution in [2.24, 2.45) is 73.9 Å². The quantitative estimate of drug-likeness (QED) is 0.114. The van der Waals surface area contributed by atoms with Gasteiger partial charge in [0.25, 0.3) is 0 Å². The third-order valence-corrected chi connectivity index (χ3v) is 12.1. The van der Waals surface area contributed by atoms with Gasteiger partial charge in [-0.2, -0.15) is 0 Å². The summed E-state index contributed by atoms with van der Waals surface area (Å²) in [6, 6.07) is 0. The maximum atomic E-state index is 2.27. The molecule has 0 aliphatic carbocycles. The zero-order valence-electron chi connectivity index (χ0n) is 70.4. The minimum atomic E-state index is 0.550. The largest absolute Gasteiger partial charge is 0.0654 e. The lowest BCUT2D eigenvalue weighted by Crippen LogP contribution is -2.02. The highest BCUT2D eigenvalue weighted by Crippen LogP contribution is 2.23. The predicted molar refractivity (Wildman–Crippen MR) is 414 cm³/mol. The molecule has 0 atom stereocenters. The van der Waals surface area contributed by atoms with Crippen LogP contribution in [0.25, 0.3) is 0 Å². The van der Waals surface area contributed by atoms with Gasteiger partial charge < -0.3 is 0 Å². The van der Waals surface area contributed by atoms with Crippen LogP contribution in [0.5, 0.6) is 0 Å². The number of rotatable bonds is 20. The molecule has 530 valence electrons. The van der Waals surface area contributed by atoms with Gasteiger partial charge in [0.05, 0.1) is 0 Å². The van der Waals surface area contributed by atoms with Crippen LogP contribution in [0.1, 0.15) is 479 Å². The third-order valence-electron chi connectivity index (χ3n) is 12.1. The van der Waals surface area contributed by atoms with Crippen LogP contribution in [0.3, 0.4) is 0 Å². The van der Waals surface area contributed by atoms with Crippen LogP contribution in [0.4, 0.5) is 0 Å². The van der Waals surface area contributed by atoms with Gasteiger partial charge in [-0.25, -0.2) is 0 Å². The van der Waals surface area contributed by atoms with Crippen molar-refractivity contribution in [3.05, 3.63) is 0 Å². The highest BCUT2D eigenvalue weighted by atomic mass is 14.2. The molecule has 0 N–H and O–H groups in total. The molecular formula is C84H194. The van der Waals surface area contributed by atoms with Crippen molar-refractivity contribution in [1.82, 2.24) is 0 Å². The van der Waals surface area contributed by atoms with Crippen LogP contribution in [0.2, 0.25) is 0 Å². The molecule has 0 aromatic heterocycles. The molecule has 0 saturated heterocycles. The maximum Gasteiger partial charge on any atom is -0.0383 e. The van der Waals surface area contributed by atoms with Crippen molar-refractivity contribution >= 4 is 0 Å². The molecule has 0 fully saturated rings. The second-order valence-electron chi connectivity index (χ2n) is 35.1. The summed E-state index contributed by atoms with van der Waals surface area (Å²) in [6.45, 7) is 101. The molecular weight excluding hydrogens is 1010 g/mol. The van der Waals surface area contributed by atoms with Crippen molar-refractivity contribution in [3.8, 4) is 0 Å². The Morgan fingerprint density at radius 3 is 0.214 bits per heavy atom. The molecule has 0 heteroatoms. The van der Waals surface area contributed by atoms with Crippen LogP contribution >= 0.6 is 0 Å². The molecule has 0 radical (unpaired) electrons. The van der Waals surface area contributed by atoms with E-state index in [9.17, 15) is 0 Å². The first-order valence-electron chi connectivity index (χ1n) is 37.8. The van der Waals surface area contributed by atoms with E-state index in [1.165, 1.54) is 167 Å². The molecule has 0 unspecified atom stereocenters. The molecule has 0 aromatic carbocycles. The summed E-state index contributed by atoms with van der Waals surface area (Å²) < 4.78 is 0. The van der Waals surface area contributed by atoms with Crippen molar-refractivity contribution < 1.29 is 0 Å². The number of hydrogen-bond donors (Lipinski definition) is 0. The molecule has 0 aliphatic rings. The summed E-state index contributed by atoms with van der Waals surface area (Å²) in [5, 5.41) is 0. The highest BCUT2D eigenvalue weighted by molar-refractivity contribution is 4.61. The first-order chi connectivity index (χ1) is 37.8. The zero-order chi connectivity index (χ0) is 70.4. The van der Waals surface area contributed by atoms with E-state index in [0.29, 0.717) is 32.5 Å². The van der Waals surface area contributed by atoms with E-state index >= 15 is 0 Å². The third kappa shape index (κ3) is 266. The Hall–Kier alpha value is 0. The van der Waals surface area contributed by atoms with E-state index in [1.54, 1.807) is 0 Å². The Labute approximate surface area is 549 Å². The smallest absolute Gasteiger partial charge is 0.0383 e. The predicted octanol–water partition coefficient (Wildman–Crippen LogP) is 34.1. The van der Waals surface area contributed by atoms with E-state index in [1.807, 2.05) is 0 Å². The van der Waals surface area contributed by atoms with Gasteiger partial charge in [-0.15, -0.1) is 0 Å². The van der Waals surface area contributed by atoms with E-state index in [0.717, 1.165) is 41.4 Å². The van der Waals surface area contributed by atoms with Crippen molar-refractivity contribution in [1.29, 1.82) is 0 Å². The van der Waals surface area contributed by atoms with Crippen LogP contribution in [-0.4, -0.2) is 0 Å². The molecule has 0 bridgehead atoms. The van der Waals surface area contributed by atoms with Gasteiger partial charge >= 0.3 is 0 Å². The fraction of sp³-hybridized carbons (Fsp3) is 1.00. The molecule has 0 saturated carbocycles.